The van der Waals surface area contributed by atoms with Gasteiger partial charge in [-0.25, -0.2) is 0 Å². The van der Waals surface area contributed by atoms with E-state index in [1.165, 1.54) is 18.2 Å². The van der Waals surface area contributed by atoms with Crippen LogP contribution in [0.15, 0.2) is 48.5 Å². The van der Waals surface area contributed by atoms with Crippen LogP contribution in [0.4, 0.5) is 24.5 Å². The fourth-order valence-electron chi connectivity index (χ4n) is 3.47. The Balaban J connectivity index is 1.93. The van der Waals surface area contributed by atoms with Crippen LogP contribution in [0, 0.1) is 0 Å². The number of halogens is 3. The molecule has 7 heteroatoms. The highest BCUT2D eigenvalue weighted by Gasteiger charge is 2.37. The fourth-order valence-corrected chi connectivity index (χ4v) is 3.47. The van der Waals surface area contributed by atoms with Crippen molar-refractivity contribution in [3.05, 3.63) is 59.7 Å². The van der Waals surface area contributed by atoms with Crippen molar-refractivity contribution in [2.24, 2.45) is 0 Å². The molecule has 0 aliphatic carbocycles. The Morgan fingerprint density at radius 2 is 1.74 bits per heavy atom. The summed E-state index contributed by atoms with van der Waals surface area (Å²) in [4.78, 5) is 27.5. The first kappa shape index (κ1) is 18.9. The maximum atomic E-state index is 13.3. The fraction of sp³-hybridized carbons (Fsp3) is 0.300. The van der Waals surface area contributed by atoms with Crippen LogP contribution < -0.4 is 9.80 Å². The van der Waals surface area contributed by atoms with Crippen LogP contribution in [-0.2, 0) is 22.2 Å². The minimum atomic E-state index is -4.62. The van der Waals surface area contributed by atoms with E-state index in [2.05, 4.69) is 0 Å². The van der Waals surface area contributed by atoms with E-state index in [-0.39, 0.29) is 11.7 Å². The number of fused-ring (bicyclic) bond motifs is 1. The predicted octanol–water partition coefficient (Wildman–Crippen LogP) is 4.04. The van der Waals surface area contributed by atoms with Gasteiger partial charge in [-0.05, 0) is 37.1 Å². The summed E-state index contributed by atoms with van der Waals surface area (Å²) in [6.07, 6.45) is -3.96. The molecule has 142 valence electrons. The third kappa shape index (κ3) is 3.67. The van der Waals surface area contributed by atoms with Crippen LogP contribution in [0.2, 0.25) is 0 Å². The molecule has 1 aliphatic heterocycles. The van der Waals surface area contributed by atoms with Gasteiger partial charge in [0.05, 0.1) is 11.3 Å². The minimum Gasteiger partial charge on any atom is -0.307 e. The van der Waals surface area contributed by atoms with Crippen LogP contribution in [0.5, 0.6) is 0 Å². The van der Waals surface area contributed by atoms with Gasteiger partial charge in [0.1, 0.15) is 6.54 Å². The van der Waals surface area contributed by atoms with Gasteiger partial charge in [0.25, 0.3) is 0 Å². The van der Waals surface area contributed by atoms with E-state index in [0.717, 1.165) is 29.1 Å². The molecule has 1 unspecified atom stereocenters. The number of benzene rings is 2. The van der Waals surface area contributed by atoms with Crippen molar-refractivity contribution in [1.82, 2.24) is 0 Å². The lowest BCUT2D eigenvalue weighted by molar-refractivity contribution is -0.137. The Kier molecular flexibility index (Phi) is 4.95. The van der Waals surface area contributed by atoms with Gasteiger partial charge in [-0.15, -0.1) is 0 Å². The number of amides is 2. The highest BCUT2D eigenvalue weighted by molar-refractivity contribution is 6.04. The van der Waals surface area contributed by atoms with Crippen molar-refractivity contribution in [2.75, 3.05) is 16.3 Å². The Bertz CT molecular complexity index is 880. The summed E-state index contributed by atoms with van der Waals surface area (Å²) < 4.78 is 40.0. The van der Waals surface area contributed by atoms with E-state index in [4.69, 9.17) is 0 Å². The molecule has 3 rings (SSSR count). The SMILES string of the molecule is CC(=O)N(CC(=O)N1c2ccccc2CC1C)c1ccccc1C(F)(F)F. The monoisotopic (exact) mass is 376 g/mol. The van der Waals surface area contributed by atoms with Gasteiger partial charge in [-0.2, -0.15) is 13.2 Å². The van der Waals surface area contributed by atoms with E-state index in [1.807, 2.05) is 19.1 Å². The number of para-hydroxylation sites is 2. The lowest BCUT2D eigenvalue weighted by Gasteiger charge is -2.28. The first-order valence-corrected chi connectivity index (χ1v) is 8.54. The molecule has 1 heterocycles. The number of hydrogen-bond acceptors (Lipinski definition) is 2. The lowest BCUT2D eigenvalue weighted by atomic mass is 10.1. The zero-order valence-electron chi connectivity index (χ0n) is 15.0. The van der Waals surface area contributed by atoms with Crippen molar-refractivity contribution in [3.8, 4) is 0 Å². The molecular formula is C20H19F3N2O2. The molecular weight excluding hydrogens is 357 g/mol. The van der Waals surface area contributed by atoms with Gasteiger partial charge in [0.15, 0.2) is 0 Å². The second kappa shape index (κ2) is 7.06. The second-order valence-corrected chi connectivity index (χ2v) is 6.57. The normalized spacial score (nSPS) is 16.2. The Labute approximate surface area is 155 Å². The van der Waals surface area contributed by atoms with E-state index < -0.39 is 30.1 Å². The van der Waals surface area contributed by atoms with Gasteiger partial charge in [0, 0.05) is 18.7 Å². The molecule has 0 saturated carbocycles. The Morgan fingerprint density at radius 3 is 2.41 bits per heavy atom. The van der Waals surface area contributed by atoms with Gasteiger partial charge in [-0.1, -0.05) is 30.3 Å². The van der Waals surface area contributed by atoms with Gasteiger partial charge < -0.3 is 9.80 Å². The Morgan fingerprint density at radius 1 is 1.11 bits per heavy atom. The van der Waals surface area contributed by atoms with Gasteiger partial charge in [-0.3, -0.25) is 9.59 Å². The quantitative estimate of drug-likeness (QED) is 0.811. The molecule has 0 saturated heterocycles. The van der Waals surface area contributed by atoms with E-state index in [1.54, 1.807) is 17.0 Å². The summed E-state index contributed by atoms with van der Waals surface area (Å²) in [6.45, 7) is 2.57. The minimum absolute atomic E-state index is 0.124. The Hall–Kier alpha value is -2.83. The third-order valence-electron chi connectivity index (χ3n) is 4.65. The molecule has 0 fully saturated rings. The van der Waals surface area contributed by atoms with Crippen LogP contribution in [-0.4, -0.2) is 24.4 Å². The molecule has 0 N–H and O–H groups in total. The van der Waals surface area contributed by atoms with Crippen molar-refractivity contribution in [1.29, 1.82) is 0 Å². The summed E-state index contributed by atoms with van der Waals surface area (Å²) in [7, 11) is 0. The number of rotatable bonds is 3. The topological polar surface area (TPSA) is 40.6 Å². The van der Waals surface area contributed by atoms with Crippen LogP contribution in [0.25, 0.3) is 0 Å². The number of carbonyl (C=O) groups excluding carboxylic acids is 2. The maximum absolute atomic E-state index is 13.3. The molecule has 0 bridgehead atoms. The standard InChI is InChI=1S/C20H19F3N2O2/c1-13-11-15-7-3-5-9-17(15)25(13)19(27)12-24(14(2)26)18-10-6-4-8-16(18)20(21,22)23/h3-10,13H,11-12H2,1-2H3. The average molecular weight is 376 g/mol. The highest BCUT2D eigenvalue weighted by atomic mass is 19.4. The van der Waals surface area contributed by atoms with E-state index in [9.17, 15) is 22.8 Å². The van der Waals surface area contributed by atoms with Crippen molar-refractivity contribution >= 4 is 23.2 Å². The molecule has 2 aromatic carbocycles. The van der Waals surface area contributed by atoms with Crippen LogP contribution >= 0.6 is 0 Å². The lowest BCUT2D eigenvalue weighted by Crippen LogP contribution is -2.45. The van der Waals surface area contributed by atoms with Crippen LogP contribution in [0.1, 0.15) is 25.0 Å². The first-order valence-electron chi connectivity index (χ1n) is 8.54. The zero-order valence-corrected chi connectivity index (χ0v) is 15.0. The van der Waals surface area contributed by atoms with Gasteiger partial charge in [0.2, 0.25) is 11.8 Å². The molecule has 2 amide bonds. The number of alkyl halides is 3. The summed E-state index contributed by atoms with van der Waals surface area (Å²) in [5, 5.41) is 0. The van der Waals surface area contributed by atoms with Crippen molar-refractivity contribution in [3.63, 3.8) is 0 Å². The van der Waals surface area contributed by atoms with Crippen molar-refractivity contribution in [2.45, 2.75) is 32.5 Å². The summed E-state index contributed by atoms with van der Waals surface area (Å²) in [6, 6.07) is 12.1. The molecule has 1 atom stereocenters. The maximum Gasteiger partial charge on any atom is 0.418 e. The smallest absolute Gasteiger partial charge is 0.307 e. The summed E-state index contributed by atoms with van der Waals surface area (Å²) in [5.74, 6) is -1.04. The zero-order chi connectivity index (χ0) is 19.8. The summed E-state index contributed by atoms with van der Waals surface area (Å²) in [5.41, 5.74) is 0.486. The van der Waals surface area contributed by atoms with E-state index in [0.29, 0.717) is 6.42 Å². The number of anilines is 2. The number of nitrogens with zero attached hydrogens (tertiary/aromatic N) is 2. The summed E-state index contributed by atoms with van der Waals surface area (Å²) >= 11 is 0. The number of hydrogen-bond donors (Lipinski definition) is 0. The van der Waals surface area contributed by atoms with Gasteiger partial charge >= 0.3 is 6.18 Å². The second-order valence-electron chi connectivity index (χ2n) is 6.57. The first-order chi connectivity index (χ1) is 12.7. The molecule has 0 radical (unpaired) electrons. The van der Waals surface area contributed by atoms with Crippen LogP contribution in [0.3, 0.4) is 0 Å². The number of carbonyl (C=O) groups is 2. The molecule has 1 aliphatic rings. The highest BCUT2D eigenvalue weighted by Crippen LogP contribution is 2.37. The van der Waals surface area contributed by atoms with E-state index >= 15 is 0 Å². The largest absolute Gasteiger partial charge is 0.418 e. The molecule has 4 nitrogen and oxygen atoms in total. The molecule has 2 aromatic rings. The van der Waals surface area contributed by atoms with Crippen molar-refractivity contribution < 1.29 is 22.8 Å². The molecule has 0 spiro atoms. The predicted molar refractivity (Wildman–Crippen MR) is 96.6 cm³/mol. The average Bonchev–Trinajstić information content (AvgIpc) is 2.94. The molecule has 0 aromatic heterocycles. The third-order valence-corrected chi connectivity index (χ3v) is 4.65. The molecule has 27 heavy (non-hydrogen) atoms.